The molecule has 0 saturated heterocycles. The highest BCUT2D eigenvalue weighted by Crippen LogP contribution is 2.18. The number of rotatable bonds is 9. The minimum absolute atomic E-state index is 0.0803. The molecule has 134 valence electrons. The highest BCUT2D eigenvalue weighted by Gasteiger charge is 2.19. The van der Waals surface area contributed by atoms with Crippen molar-refractivity contribution >= 4 is 5.91 Å². The van der Waals surface area contributed by atoms with E-state index in [1.165, 1.54) is 17.7 Å². The quantitative estimate of drug-likeness (QED) is 0.704. The topological polar surface area (TPSA) is 47.6 Å². The fourth-order valence-electron chi connectivity index (χ4n) is 2.29. The maximum atomic E-state index is 13.6. The van der Waals surface area contributed by atoms with Crippen LogP contribution >= 0.6 is 0 Å². The first-order valence-corrected chi connectivity index (χ1v) is 8.54. The van der Waals surface area contributed by atoms with E-state index >= 15 is 0 Å². The van der Waals surface area contributed by atoms with Crippen LogP contribution in [0.2, 0.25) is 0 Å². The van der Waals surface area contributed by atoms with Crippen LogP contribution < -0.4 is 14.8 Å². The maximum absolute atomic E-state index is 13.6. The molecule has 0 aliphatic heterocycles. The summed E-state index contributed by atoms with van der Waals surface area (Å²) >= 11 is 0. The molecule has 0 heterocycles. The molecule has 4 nitrogen and oxygen atoms in total. The van der Waals surface area contributed by atoms with Gasteiger partial charge in [0.1, 0.15) is 12.4 Å². The van der Waals surface area contributed by atoms with Gasteiger partial charge in [0.15, 0.2) is 17.7 Å². The number of nitrogens with one attached hydrogen (secondary N) is 1. The van der Waals surface area contributed by atoms with Crippen LogP contribution in [0.15, 0.2) is 48.5 Å². The molecule has 0 radical (unpaired) electrons. The van der Waals surface area contributed by atoms with E-state index in [2.05, 4.69) is 12.2 Å². The van der Waals surface area contributed by atoms with Crippen LogP contribution in [0.25, 0.3) is 0 Å². The Hall–Kier alpha value is -2.56. The van der Waals surface area contributed by atoms with Crippen molar-refractivity contribution in [1.82, 2.24) is 5.32 Å². The van der Waals surface area contributed by atoms with Gasteiger partial charge in [0.2, 0.25) is 0 Å². The summed E-state index contributed by atoms with van der Waals surface area (Å²) in [4.78, 5) is 12.2. The number of halogens is 1. The Labute approximate surface area is 148 Å². The van der Waals surface area contributed by atoms with Crippen molar-refractivity contribution in [2.75, 3.05) is 13.2 Å². The van der Waals surface area contributed by atoms with E-state index in [1.54, 1.807) is 12.1 Å². The molecule has 2 aromatic rings. The molecule has 1 atom stereocenters. The fourth-order valence-corrected chi connectivity index (χ4v) is 2.29. The molecule has 0 fully saturated rings. The summed E-state index contributed by atoms with van der Waals surface area (Å²) in [6.45, 7) is 4.62. The lowest BCUT2D eigenvalue weighted by Crippen LogP contribution is -2.39. The minimum Gasteiger partial charge on any atom is -0.492 e. The van der Waals surface area contributed by atoms with Crippen LogP contribution in [0.1, 0.15) is 25.8 Å². The van der Waals surface area contributed by atoms with E-state index in [-0.39, 0.29) is 11.7 Å². The zero-order valence-corrected chi connectivity index (χ0v) is 14.6. The third-order valence-corrected chi connectivity index (χ3v) is 3.77. The molecular weight excluding hydrogens is 321 g/mol. The van der Waals surface area contributed by atoms with Crippen LogP contribution in [0, 0.1) is 5.82 Å². The molecule has 2 aromatic carbocycles. The van der Waals surface area contributed by atoms with Crippen molar-refractivity contribution in [3.63, 3.8) is 0 Å². The third-order valence-electron chi connectivity index (χ3n) is 3.77. The van der Waals surface area contributed by atoms with Gasteiger partial charge >= 0.3 is 0 Å². The molecule has 0 saturated carbocycles. The Morgan fingerprint density at radius 1 is 1.12 bits per heavy atom. The van der Waals surface area contributed by atoms with Gasteiger partial charge in [0, 0.05) is 0 Å². The average Bonchev–Trinajstić information content (AvgIpc) is 2.65. The summed E-state index contributed by atoms with van der Waals surface area (Å²) in [6.07, 6.45) is 0.691. The largest absolute Gasteiger partial charge is 0.492 e. The van der Waals surface area contributed by atoms with Crippen LogP contribution in [0.5, 0.6) is 11.5 Å². The molecule has 0 spiro atoms. The highest BCUT2D eigenvalue weighted by molar-refractivity contribution is 5.81. The first kappa shape index (κ1) is 18.8. The standard InChI is InChI=1S/C20H24FNO3/c1-3-15-9-11-16(12-10-15)24-14-13-22-20(23)18(4-2)25-19-8-6-5-7-17(19)21/h5-12,18H,3-4,13-14H2,1-2H3,(H,22,23)/t18-/m0/s1. The van der Waals surface area contributed by atoms with Gasteiger partial charge in [-0.25, -0.2) is 4.39 Å². The van der Waals surface area contributed by atoms with Crippen LogP contribution in [0.3, 0.4) is 0 Å². The van der Waals surface area contributed by atoms with Crippen LogP contribution in [-0.4, -0.2) is 25.2 Å². The second-order valence-corrected chi connectivity index (χ2v) is 5.58. The maximum Gasteiger partial charge on any atom is 0.261 e. The molecule has 25 heavy (non-hydrogen) atoms. The van der Waals surface area contributed by atoms with E-state index in [0.717, 1.165) is 12.2 Å². The zero-order valence-electron chi connectivity index (χ0n) is 14.6. The fraction of sp³-hybridized carbons (Fsp3) is 0.350. The normalized spacial score (nSPS) is 11.6. The first-order valence-electron chi connectivity index (χ1n) is 8.54. The lowest BCUT2D eigenvalue weighted by molar-refractivity contribution is -0.128. The second-order valence-electron chi connectivity index (χ2n) is 5.58. The van der Waals surface area contributed by atoms with Gasteiger partial charge in [-0.05, 0) is 42.7 Å². The van der Waals surface area contributed by atoms with Crippen molar-refractivity contribution in [3.05, 3.63) is 59.9 Å². The summed E-state index contributed by atoms with van der Waals surface area (Å²) in [5, 5.41) is 2.75. The molecule has 5 heteroatoms. The zero-order chi connectivity index (χ0) is 18.1. The Morgan fingerprint density at radius 2 is 1.84 bits per heavy atom. The van der Waals surface area contributed by atoms with Gasteiger partial charge in [-0.15, -0.1) is 0 Å². The van der Waals surface area contributed by atoms with Gasteiger partial charge in [0.05, 0.1) is 6.54 Å². The SMILES string of the molecule is CCc1ccc(OCCNC(=O)[C@H](CC)Oc2ccccc2F)cc1. The lowest BCUT2D eigenvalue weighted by atomic mass is 10.2. The van der Waals surface area contributed by atoms with Crippen molar-refractivity contribution < 1.29 is 18.7 Å². The van der Waals surface area contributed by atoms with Crippen LogP contribution in [-0.2, 0) is 11.2 Å². The van der Waals surface area contributed by atoms with E-state index in [4.69, 9.17) is 9.47 Å². The van der Waals surface area contributed by atoms with E-state index in [9.17, 15) is 9.18 Å². The van der Waals surface area contributed by atoms with Crippen LogP contribution in [0.4, 0.5) is 4.39 Å². The summed E-state index contributed by atoms with van der Waals surface area (Å²) in [5.41, 5.74) is 1.25. The van der Waals surface area contributed by atoms with Gasteiger partial charge in [-0.3, -0.25) is 4.79 Å². The van der Waals surface area contributed by atoms with Crippen molar-refractivity contribution in [3.8, 4) is 11.5 Å². The lowest BCUT2D eigenvalue weighted by Gasteiger charge is -2.17. The summed E-state index contributed by atoms with van der Waals surface area (Å²) < 4.78 is 24.7. The predicted molar refractivity (Wildman–Crippen MR) is 95.4 cm³/mol. The number of carbonyl (C=O) groups excluding carboxylic acids is 1. The van der Waals surface area contributed by atoms with Gasteiger partial charge < -0.3 is 14.8 Å². The summed E-state index contributed by atoms with van der Waals surface area (Å²) in [5.74, 6) is 0.0844. The molecule has 0 aliphatic carbocycles. The molecule has 1 amide bonds. The number of ether oxygens (including phenoxy) is 2. The monoisotopic (exact) mass is 345 g/mol. The Morgan fingerprint density at radius 3 is 2.48 bits per heavy atom. The second kappa shape index (κ2) is 9.67. The molecule has 0 unspecified atom stereocenters. The van der Waals surface area contributed by atoms with E-state index in [0.29, 0.717) is 19.6 Å². The number of carbonyl (C=O) groups is 1. The number of aryl methyl sites for hydroxylation is 1. The van der Waals surface area contributed by atoms with Gasteiger partial charge in [0.25, 0.3) is 5.91 Å². The number of para-hydroxylation sites is 1. The molecule has 1 N–H and O–H groups in total. The highest BCUT2D eigenvalue weighted by atomic mass is 19.1. The Bertz CT molecular complexity index is 673. The van der Waals surface area contributed by atoms with Gasteiger partial charge in [-0.2, -0.15) is 0 Å². The third kappa shape index (κ3) is 5.78. The predicted octanol–water partition coefficient (Wildman–Crippen LogP) is 3.74. The average molecular weight is 345 g/mol. The number of benzene rings is 2. The molecule has 0 bridgehead atoms. The summed E-state index contributed by atoms with van der Waals surface area (Å²) in [7, 11) is 0. The van der Waals surface area contributed by atoms with E-state index in [1.807, 2.05) is 31.2 Å². The molecule has 2 rings (SSSR count). The first-order chi connectivity index (χ1) is 12.1. The molecule has 0 aliphatic rings. The van der Waals surface area contributed by atoms with Crippen molar-refractivity contribution in [2.45, 2.75) is 32.8 Å². The Balaban J connectivity index is 1.76. The van der Waals surface area contributed by atoms with Crippen molar-refractivity contribution in [2.24, 2.45) is 0 Å². The number of hydrogen-bond donors (Lipinski definition) is 1. The van der Waals surface area contributed by atoms with Gasteiger partial charge in [-0.1, -0.05) is 38.1 Å². The minimum atomic E-state index is -0.735. The van der Waals surface area contributed by atoms with E-state index < -0.39 is 11.9 Å². The van der Waals surface area contributed by atoms with Crippen molar-refractivity contribution in [1.29, 1.82) is 0 Å². The number of amides is 1. The summed E-state index contributed by atoms with van der Waals surface area (Å²) in [6, 6.07) is 13.9. The number of hydrogen-bond acceptors (Lipinski definition) is 3. The molecule has 0 aromatic heterocycles. The Kier molecular flexibility index (Phi) is 7.26. The molecular formula is C20H24FNO3. The smallest absolute Gasteiger partial charge is 0.261 e.